The molecule has 0 radical (unpaired) electrons. The molecule has 5 aromatic carbocycles. The molecule has 0 fully saturated rings. The third-order valence-electron chi connectivity index (χ3n) is 8.42. The monoisotopic (exact) mass is 1370 g/mol. The summed E-state index contributed by atoms with van der Waals surface area (Å²) in [5.74, 6) is 3.20. The van der Waals surface area contributed by atoms with E-state index in [0.717, 1.165) is 23.0 Å². The van der Waals surface area contributed by atoms with Crippen molar-refractivity contribution in [3.63, 3.8) is 0 Å². The molecule has 12 nitrogen and oxygen atoms in total. The first-order valence-electron chi connectivity index (χ1n) is 21.0. The van der Waals surface area contributed by atoms with Gasteiger partial charge in [-0.15, -0.1) is 18.2 Å². The first-order valence-corrected chi connectivity index (χ1v) is 46.0. The summed E-state index contributed by atoms with van der Waals surface area (Å²) in [5, 5.41) is 27.8. The smallest absolute Gasteiger partial charge is 2.00 e. The molecule has 0 aliphatic carbocycles. The summed E-state index contributed by atoms with van der Waals surface area (Å²) in [5.41, 5.74) is 6.33. The van der Waals surface area contributed by atoms with E-state index in [1.807, 2.05) is 50.0 Å². The van der Waals surface area contributed by atoms with Crippen molar-refractivity contribution >= 4 is 103 Å². The maximum atomic E-state index is 12.4. The number of Topliss-reactive ketones (excluding diaryl/α,β-unsaturated/α-hetero) is 1. The summed E-state index contributed by atoms with van der Waals surface area (Å²) < 4.78 is 36.4. The van der Waals surface area contributed by atoms with Crippen molar-refractivity contribution in [3.05, 3.63) is 156 Å². The van der Waals surface area contributed by atoms with Crippen LogP contribution in [0.1, 0.15) is 62.6 Å². The number of ether oxygens (including phenoxy) is 6. The molecule has 0 saturated heterocycles. The Kier molecular flexibility index (Phi) is 43.4. The van der Waals surface area contributed by atoms with Gasteiger partial charge < -0.3 is 54.9 Å². The summed E-state index contributed by atoms with van der Waals surface area (Å²) in [6.07, 6.45) is 2.34. The zero-order valence-electron chi connectivity index (χ0n) is 42.7. The molecule has 2 atom stereocenters. The van der Waals surface area contributed by atoms with Gasteiger partial charge in [0.15, 0.2) is 28.3 Å². The average molecular weight is 1370 g/mol. The fraction of sp³-hybridized carbons (Fsp3) is 0.283. The van der Waals surface area contributed by atoms with Crippen LogP contribution in [-0.4, -0.2) is 99.3 Å². The number of aldehydes is 1. The van der Waals surface area contributed by atoms with Gasteiger partial charge >= 0.3 is 72.7 Å². The van der Waals surface area contributed by atoms with Crippen LogP contribution in [0.15, 0.2) is 116 Å². The fourth-order valence-corrected chi connectivity index (χ4v) is 5.95. The largest absolute Gasteiger partial charge is 2.00 e. The van der Waals surface area contributed by atoms with Crippen molar-refractivity contribution < 1.29 is 74.6 Å². The molecule has 0 aliphatic heterocycles. The molecule has 0 bridgehead atoms. The minimum absolute atomic E-state index is 0. The number of nitriles is 2. The van der Waals surface area contributed by atoms with Gasteiger partial charge in [-0.05, 0) is 73.2 Å². The van der Waals surface area contributed by atoms with Gasteiger partial charge in [0, 0.05) is 40.6 Å². The molecule has 5 aromatic rings. The van der Waals surface area contributed by atoms with Crippen molar-refractivity contribution in [2.24, 2.45) is 0 Å². The van der Waals surface area contributed by atoms with Crippen molar-refractivity contribution in [2.45, 2.75) is 58.9 Å². The van der Waals surface area contributed by atoms with Crippen molar-refractivity contribution in [1.82, 2.24) is 0 Å². The normalized spacial score (nSPS) is 10.2. The third kappa shape index (κ3) is 31.9. The predicted molar refractivity (Wildman–Crippen MR) is 307 cm³/mol. The van der Waals surface area contributed by atoms with Crippen LogP contribution in [0.2, 0.25) is 39.3 Å². The number of hydrogen-bond donors (Lipinski definition) is 1. The van der Waals surface area contributed by atoms with E-state index in [1.165, 1.54) is 14.2 Å². The second kappa shape index (κ2) is 41.7. The second-order valence-electron chi connectivity index (χ2n) is 15.9. The van der Waals surface area contributed by atoms with Crippen LogP contribution in [-0.2, 0) is 14.5 Å². The van der Waals surface area contributed by atoms with Gasteiger partial charge in [-0.25, -0.2) is 5.26 Å². The Morgan fingerprint density at radius 2 is 1.07 bits per heavy atom. The van der Waals surface area contributed by atoms with Crippen LogP contribution >= 0.6 is 39.5 Å². The number of hydrogen-bond acceptors (Lipinski definition) is 12. The van der Waals surface area contributed by atoms with E-state index in [1.54, 1.807) is 113 Å². The van der Waals surface area contributed by atoms with E-state index >= 15 is 0 Å². The van der Waals surface area contributed by atoms with E-state index in [4.69, 9.17) is 38.1 Å². The standard InChI is InChI=1S/C18H18O4.C13H19NO3Si.C9H10O3.C8H7.C4H9NSi.CH4.BrH.2HI.Mg.Zn/c1-4-12-6-5-7-13(8-12)17(19)18(20)14-9-15(21-2)11-16(10-14)22-3;1-15-11-6-10(7-12(8-11)16-2)13(9-14)17-18(3,4)5;1-11-8-3-7(6-10)4-9(5-8)12-2;1-2-8-6-4-3-5-7-8;1-6(2,3)4-5;;;;;;/h4-11,18,20H,1H2,2-3H3;6-8,13H,1-5H3;3-6H,1-2H3;2-4,6-7H,1H2;1-3H3;1H4;3*1H;;/q;;;-1;;;;;;2*+2/p-3. The molecule has 1 N–H and O–H groups in total. The average Bonchev–Trinajstić information content (AvgIpc) is 3.37. The molecule has 0 aliphatic rings. The number of carbonyl (C=O) groups is 2. The van der Waals surface area contributed by atoms with Crippen LogP contribution in [0.3, 0.4) is 0 Å². The summed E-state index contributed by atoms with van der Waals surface area (Å²) in [6.45, 7) is 19.5. The Hall–Kier alpha value is -3.62. The number of nitrogens with zero attached hydrogens (tertiary/aromatic N) is 2. The second-order valence-corrected chi connectivity index (χ2v) is 48.6. The van der Waals surface area contributed by atoms with Crippen LogP contribution in [0.5, 0.6) is 34.5 Å². The number of halogens is 3. The number of benzene rings is 5. The molecule has 0 amide bonds. The molecular weight excluding hydrogens is 1300 g/mol. The number of carbonyl (C=O) groups excluding carboxylic acids is 2. The molecule has 0 aromatic heterocycles. The first-order chi connectivity index (χ1) is 32.7. The zero-order chi connectivity index (χ0) is 52.6. The van der Waals surface area contributed by atoms with Crippen LogP contribution < -0.4 is 45.4 Å². The van der Waals surface area contributed by atoms with Gasteiger partial charge in [0.1, 0.15) is 46.9 Å². The number of ketones is 1. The number of aliphatic hydroxyl groups is 1. The van der Waals surface area contributed by atoms with Crippen molar-refractivity contribution in [3.8, 4) is 46.3 Å². The van der Waals surface area contributed by atoms with Crippen LogP contribution in [0.25, 0.3) is 12.2 Å². The van der Waals surface area contributed by atoms with Gasteiger partial charge in [-0.3, -0.25) is 9.59 Å². The maximum Gasteiger partial charge on any atom is 2.00 e. The third-order valence-corrected chi connectivity index (χ3v) is 10.0. The molecule has 19 heteroatoms. The van der Waals surface area contributed by atoms with Gasteiger partial charge in [0.05, 0.1) is 48.7 Å². The predicted octanol–water partition coefficient (Wildman–Crippen LogP) is 10.4. The molecule has 382 valence electrons. The topological polar surface area (TPSA) is 167 Å². The van der Waals surface area contributed by atoms with E-state index in [-0.39, 0.29) is 63.3 Å². The van der Waals surface area contributed by atoms with Gasteiger partial charge in [0.2, 0.25) is 0 Å². The molecule has 2 unspecified atom stereocenters. The van der Waals surface area contributed by atoms with E-state index in [2.05, 4.69) is 90.1 Å². The van der Waals surface area contributed by atoms with Crippen molar-refractivity contribution in [2.75, 3.05) is 42.7 Å². The summed E-state index contributed by atoms with van der Waals surface area (Å²) in [7, 11) is 6.24. The molecular formula is C53H67BrI2MgN2O10Si2Zn. The Balaban J connectivity index is -0.000000416. The summed E-state index contributed by atoms with van der Waals surface area (Å²) in [6, 6.07) is 35.1. The Bertz CT molecular complexity index is 2370. The van der Waals surface area contributed by atoms with Gasteiger partial charge in [-0.2, -0.15) is 35.6 Å². The molecule has 72 heavy (non-hydrogen) atoms. The Morgan fingerprint density at radius 1 is 0.681 bits per heavy atom. The molecule has 5 rings (SSSR count). The van der Waals surface area contributed by atoms with Crippen LogP contribution in [0.4, 0.5) is 0 Å². The Morgan fingerprint density at radius 3 is 1.38 bits per heavy atom. The van der Waals surface area contributed by atoms with Crippen LogP contribution in [0, 0.1) is 28.4 Å². The minimum Gasteiger partial charge on any atom is 2.00 e. The number of methoxy groups -OCH3 is 6. The SMILES string of the molecule is C.C=Cc1c[c-]ccc1.C=Cc1cccc(C(=O)C(O)c2cc(OC)cc(OC)c2)c1.COc1cc(C=O)cc(OC)c1.COc1cc(OC)cc(C(C#N)O[Si](C)(C)C)c1.C[Si](C)(C)C#N.[Br-].[I][Zn][I].[Mg+2]. The number of aliphatic hydroxyl groups excluding tert-OH is 1. The van der Waals surface area contributed by atoms with E-state index in [0.29, 0.717) is 51.2 Å². The summed E-state index contributed by atoms with van der Waals surface area (Å²) in [4.78, 5) is 22.9. The quantitative estimate of drug-likeness (QED) is 0.0347. The van der Waals surface area contributed by atoms with Gasteiger partial charge in [-0.1, -0.05) is 57.9 Å². The minimum atomic E-state index is -1.78. The van der Waals surface area contributed by atoms with E-state index < -0.39 is 28.6 Å². The zero-order valence-corrected chi connectivity index (χ0v) is 55.0. The summed E-state index contributed by atoms with van der Waals surface area (Å²) >= 11 is 4.93. The molecule has 0 heterocycles. The van der Waals surface area contributed by atoms with Gasteiger partial charge in [0.25, 0.3) is 0 Å². The molecule has 0 saturated carbocycles. The number of rotatable bonds is 15. The fourth-order valence-electron chi connectivity index (χ4n) is 5.05. The van der Waals surface area contributed by atoms with Crippen molar-refractivity contribution in [1.29, 1.82) is 10.5 Å². The van der Waals surface area contributed by atoms with E-state index in [9.17, 15) is 20.0 Å². The Labute approximate surface area is 486 Å². The molecule has 0 spiro atoms. The first kappa shape index (κ1) is 74.9. The maximum absolute atomic E-state index is 12.4.